The number of morpholine rings is 1. The lowest BCUT2D eigenvalue weighted by Crippen LogP contribution is -2.60. The van der Waals surface area contributed by atoms with Crippen LogP contribution in [0.2, 0.25) is 0 Å². The van der Waals surface area contributed by atoms with Crippen LogP contribution in [0.4, 0.5) is 0 Å². The van der Waals surface area contributed by atoms with Gasteiger partial charge in [0.05, 0.1) is 12.2 Å². The topological polar surface area (TPSA) is 114 Å². The summed E-state index contributed by atoms with van der Waals surface area (Å²) in [7, 11) is -1.61. The predicted molar refractivity (Wildman–Crippen MR) is 101 cm³/mol. The third-order valence-corrected chi connectivity index (χ3v) is 5.51. The maximum atomic E-state index is 11.8. The highest BCUT2D eigenvalue weighted by Crippen LogP contribution is 2.34. The van der Waals surface area contributed by atoms with E-state index in [1.54, 1.807) is 38.1 Å². The third-order valence-electron chi connectivity index (χ3n) is 4.49. The van der Waals surface area contributed by atoms with Gasteiger partial charge >= 0.3 is 5.97 Å². The van der Waals surface area contributed by atoms with Crippen molar-refractivity contribution < 1.29 is 33.8 Å². The molecule has 1 aliphatic heterocycles. The molecule has 4 atom stereocenters. The molecule has 3 N–H and O–H groups in total. The molecule has 0 aliphatic carbocycles. The van der Waals surface area contributed by atoms with Gasteiger partial charge in [0.2, 0.25) is 0 Å². The highest BCUT2D eigenvalue weighted by molar-refractivity contribution is 7.25. The molecule has 9 heteroatoms. The number of benzene rings is 1. The van der Waals surface area contributed by atoms with Crippen molar-refractivity contribution in [1.82, 2.24) is 5.32 Å². The fraction of sp³-hybridized carbons (Fsp3) is 0.611. The fourth-order valence-electron chi connectivity index (χ4n) is 3.02. The molecule has 1 aliphatic rings. The van der Waals surface area contributed by atoms with E-state index in [-0.39, 0.29) is 11.6 Å². The highest BCUT2D eigenvalue weighted by atomic mass is 31.1. The quantitative estimate of drug-likeness (QED) is 0.395. The van der Waals surface area contributed by atoms with E-state index in [0.717, 1.165) is 5.56 Å². The van der Waals surface area contributed by atoms with Crippen LogP contribution in [0.1, 0.15) is 29.8 Å². The molecule has 2 rings (SSSR count). The molecule has 2 unspecified atom stereocenters. The summed E-state index contributed by atoms with van der Waals surface area (Å²) < 4.78 is 28.5. The molecular formula is C18H28NO7P. The summed E-state index contributed by atoms with van der Waals surface area (Å²) in [4.78, 5) is 10.9. The zero-order valence-corrected chi connectivity index (χ0v) is 16.7. The van der Waals surface area contributed by atoms with E-state index in [0.29, 0.717) is 32.8 Å². The average Bonchev–Trinajstić information content (AvgIpc) is 2.68. The summed E-state index contributed by atoms with van der Waals surface area (Å²) >= 11 is 0. The number of ether oxygens (including phenoxy) is 3. The molecule has 27 heavy (non-hydrogen) atoms. The molecule has 1 saturated heterocycles. The van der Waals surface area contributed by atoms with Crippen molar-refractivity contribution in [1.29, 1.82) is 0 Å². The van der Waals surface area contributed by atoms with Crippen LogP contribution >= 0.6 is 8.46 Å². The molecule has 152 valence electrons. The molecule has 0 aromatic heterocycles. The van der Waals surface area contributed by atoms with Crippen LogP contribution in [0.5, 0.6) is 0 Å². The number of rotatable bonds is 10. The first-order valence-corrected chi connectivity index (χ1v) is 10.1. The zero-order chi connectivity index (χ0) is 19.9. The van der Waals surface area contributed by atoms with E-state index in [1.807, 2.05) is 0 Å². The smallest absolute Gasteiger partial charge is 0.335 e. The molecule has 0 radical (unpaired) electrons. The number of nitrogens with one attached hydrogen (secondary N) is 1. The fourth-order valence-corrected chi connectivity index (χ4v) is 3.69. The number of carbonyl (C=O) groups is 1. The van der Waals surface area contributed by atoms with Crippen LogP contribution in [0, 0.1) is 0 Å². The van der Waals surface area contributed by atoms with E-state index >= 15 is 0 Å². The first kappa shape index (κ1) is 22.0. The summed E-state index contributed by atoms with van der Waals surface area (Å²) in [6.45, 7) is 4.82. The van der Waals surface area contributed by atoms with Crippen LogP contribution in [0.15, 0.2) is 24.3 Å². The molecule has 8 nitrogen and oxygen atoms in total. The zero-order valence-electron chi connectivity index (χ0n) is 15.6. The summed E-state index contributed by atoms with van der Waals surface area (Å²) in [5.74, 6) is -0.957. The molecule has 0 saturated carbocycles. The summed E-state index contributed by atoms with van der Waals surface area (Å²) in [6, 6.07) is 6.68. The maximum absolute atomic E-state index is 11.8. The molecular weight excluding hydrogens is 373 g/mol. The molecule has 1 heterocycles. The van der Waals surface area contributed by atoms with Gasteiger partial charge in [-0.2, -0.15) is 0 Å². The Morgan fingerprint density at radius 1 is 1.33 bits per heavy atom. The molecule has 0 amide bonds. The highest BCUT2D eigenvalue weighted by Gasteiger charge is 2.47. The van der Waals surface area contributed by atoms with Crippen molar-refractivity contribution in [2.24, 2.45) is 0 Å². The maximum Gasteiger partial charge on any atom is 0.335 e. The normalized spacial score (nSPS) is 23.0. The third kappa shape index (κ3) is 5.60. The monoisotopic (exact) mass is 401 g/mol. The number of hydrogen-bond donors (Lipinski definition) is 3. The van der Waals surface area contributed by atoms with Crippen molar-refractivity contribution in [2.75, 3.05) is 26.4 Å². The van der Waals surface area contributed by atoms with Gasteiger partial charge in [-0.05, 0) is 38.0 Å². The lowest BCUT2D eigenvalue weighted by molar-refractivity contribution is -0.238. The van der Waals surface area contributed by atoms with Gasteiger partial charge in [0.25, 0.3) is 0 Å². The molecule has 1 fully saturated rings. The second-order valence-electron chi connectivity index (χ2n) is 6.38. The number of aliphatic hydroxyl groups is 1. The number of hydrogen-bond acceptors (Lipinski definition) is 7. The van der Waals surface area contributed by atoms with Gasteiger partial charge in [-0.3, -0.25) is 0 Å². The van der Waals surface area contributed by atoms with Gasteiger partial charge < -0.3 is 34.3 Å². The van der Waals surface area contributed by atoms with Crippen molar-refractivity contribution >= 4 is 14.4 Å². The van der Waals surface area contributed by atoms with Gasteiger partial charge in [-0.1, -0.05) is 12.1 Å². The summed E-state index contributed by atoms with van der Waals surface area (Å²) in [6.07, 6.45) is -1.07. The van der Waals surface area contributed by atoms with E-state index in [2.05, 4.69) is 5.32 Å². The van der Waals surface area contributed by atoms with Crippen molar-refractivity contribution in [3.63, 3.8) is 0 Å². The Balaban J connectivity index is 1.96. The Morgan fingerprint density at radius 3 is 2.41 bits per heavy atom. The SMILES string of the molecule is CCOC(OCC)C(O)([PH2]=O)[C@H]1CN[C@H](Cc2ccc(C(=O)O)cc2)CO1. The first-order chi connectivity index (χ1) is 12.9. The molecule has 0 bridgehead atoms. The lowest BCUT2D eigenvalue weighted by atomic mass is 10.0. The molecule has 1 aromatic rings. The minimum Gasteiger partial charge on any atom is -0.478 e. The van der Waals surface area contributed by atoms with Crippen LogP contribution in [0.3, 0.4) is 0 Å². The Morgan fingerprint density at radius 2 is 1.96 bits per heavy atom. The molecule has 0 spiro atoms. The van der Waals surface area contributed by atoms with Crippen molar-refractivity contribution in [3.05, 3.63) is 35.4 Å². The van der Waals surface area contributed by atoms with Crippen molar-refractivity contribution in [2.45, 2.75) is 44.0 Å². The number of aromatic carboxylic acids is 1. The Kier molecular flexibility index (Phi) is 8.41. The minimum atomic E-state index is -1.70. The van der Waals surface area contributed by atoms with E-state index in [9.17, 15) is 14.5 Å². The van der Waals surface area contributed by atoms with Gasteiger partial charge in [0.15, 0.2) is 11.6 Å². The van der Waals surface area contributed by atoms with E-state index in [1.165, 1.54) is 0 Å². The van der Waals surface area contributed by atoms with Crippen LogP contribution in [0.25, 0.3) is 0 Å². The minimum absolute atomic E-state index is 0.000433. The lowest BCUT2D eigenvalue weighted by Gasteiger charge is -2.41. The average molecular weight is 401 g/mol. The Hall–Kier alpha value is -1.28. The van der Waals surface area contributed by atoms with Crippen LogP contribution in [-0.2, 0) is 25.2 Å². The van der Waals surface area contributed by atoms with E-state index in [4.69, 9.17) is 19.3 Å². The van der Waals surface area contributed by atoms with Gasteiger partial charge in [-0.25, -0.2) is 4.79 Å². The van der Waals surface area contributed by atoms with E-state index < -0.39 is 32.2 Å². The van der Waals surface area contributed by atoms with Gasteiger partial charge in [-0.15, -0.1) is 0 Å². The number of carboxylic acid groups (broad SMARTS) is 1. The Bertz CT molecular complexity index is 613. The first-order valence-electron chi connectivity index (χ1n) is 9.03. The Labute approximate surface area is 160 Å². The van der Waals surface area contributed by atoms with Crippen molar-refractivity contribution in [3.8, 4) is 0 Å². The molecule has 1 aromatic carbocycles. The van der Waals surface area contributed by atoms with Gasteiger partial charge in [0, 0.05) is 25.8 Å². The van der Waals surface area contributed by atoms with Gasteiger partial charge in [0.1, 0.15) is 14.6 Å². The predicted octanol–water partition coefficient (Wildman–Crippen LogP) is 1.13. The number of carboxylic acids is 1. The standard InChI is InChI=1S/C18H28NO7P/c1-3-24-17(25-4-2)18(22,27-23)15-10-19-14(11-26-15)9-12-5-7-13(8-6-12)16(20)21/h5-8,14-15,17,19,22H,3-4,9-11,27H2,1-2H3,(H,20,21)/t14-,15-,18?/m1/s1. The summed E-state index contributed by atoms with van der Waals surface area (Å²) in [5, 5.41) is 21.4. The van der Waals surface area contributed by atoms with Crippen LogP contribution < -0.4 is 5.32 Å². The largest absolute Gasteiger partial charge is 0.478 e. The second kappa shape index (κ2) is 10.3. The second-order valence-corrected chi connectivity index (χ2v) is 7.54. The summed E-state index contributed by atoms with van der Waals surface area (Å²) in [5.41, 5.74) is 1.22. The van der Waals surface area contributed by atoms with Crippen LogP contribution in [-0.4, -0.2) is 66.3 Å².